The molecular formula is C37H36Zr. The summed E-state index contributed by atoms with van der Waals surface area (Å²) in [6.07, 6.45) is 6.41. The first-order valence-corrected chi connectivity index (χ1v) is 17.8. The molecule has 0 amide bonds. The Kier molecular flexibility index (Phi) is 6.92. The van der Waals surface area contributed by atoms with Crippen LogP contribution in [0.15, 0.2) is 130 Å². The van der Waals surface area contributed by atoms with E-state index in [2.05, 4.69) is 149 Å². The molecule has 0 bridgehead atoms. The Bertz CT molecular complexity index is 1480. The molecule has 1 atom stereocenters. The summed E-state index contributed by atoms with van der Waals surface area (Å²) in [5.41, 5.74) is 10.4. The molecule has 0 saturated carbocycles. The maximum atomic E-state index is 2.65. The fraction of sp³-hybridized carbons (Fsp3) is 0.216. The van der Waals surface area contributed by atoms with Crippen molar-refractivity contribution in [2.75, 3.05) is 0 Å². The molecule has 0 heterocycles. The molecule has 0 spiro atoms. The van der Waals surface area contributed by atoms with E-state index in [1.165, 1.54) is 39.0 Å². The van der Waals surface area contributed by atoms with Crippen molar-refractivity contribution in [2.24, 2.45) is 11.3 Å². The third kappa shape index (κ3) is 4.50. The van der Waals surface area contributed by atoms with Crippen LogP contribution < -0.4 is 0 Å². The van der Waals surface area contributed by atoms with E-state index in [1.54, 1.807) is 6.49 Å². The van der Waals surface area contributed by atoms with Crippen LogP contribution in [0.1, 0.15) is 60.0 Å². The fourth-order valence-corrected chi connectivity index (χ4v) is 16.1. The SMILES string of the molecule is CCC1C=C(C(C)(C)C)C=[C]1[Zr](=[C](c1ccccc1)c1ccccc1)[CH]1c2ccccc2-c2ccccc21. The van der Waals surface area contributed by atoms with Crippen LogP contribution in [0.4, 0.5) is 0 Å². The predicted octanol–water partition coefficient (Wildman–Crippen LogP) is 9.54. The Morgan fingerprint density at radius 3 is 1.61 bits per heavy atom. The van der Waals surface area contributed by atoms with Gasteiger partial charge in [0.2, 0.25) is 0 Å². The van der Waals surface area contributed by atoms with Crippen LogP contribution in [0.3, 0.4) is 0 Å². The van der Waals surface area contributed by atoms with Crippen molar-refractivity contribution in [3.63, 3.8) is 0 Å². The Balaban J connectivity index is 1.74. The molecule has 0 N–H and O–H groups in total. The second-order valence-electron chi connectivity index (χ2n) is 11.6. The number of hydrogen-bond donors (Lipinski definition) is 0. The molecule has 4 aromatic rings. The van der Waals surface area contributed by atoms with Gasteiger partial charge in [-0.25, -0.2) is 0 Å². The van der Waals surface area contributed by atoms with Crippen molar-refractivity contribution in [2.45, 2.75) is 37.7 Å². The molecule has 2 aliphatic rings. The number of hydrogen-bond acceptors (Lipinski definition) is 0. The number of rotatable bonds is 5. The summed E-state index contributed by atoms with van der Waals surface area (Å²) in [4.78, 5) is 0. The molecule has 1 unspecified atom stereocenters. The zero-order chi connectivity index (χ0) is 26.3. The first kappa shape index (κ1) is 25.4. The molecular weight excluding hydrogens is 536 g/mol. The van der Waals surface area contributed by atoms with Crippen molar-refractivity contribution in [3.05, 3.63) is 152 Å². The molecule has 6 rings (SSSR count). The van der Waals surface area contributed by atoms with E-state index in [0.29, 0.717) is 9.54 Å². The maximum absolute atomic E-state index is 2.70. The molecule has 38 heavy (non-hydrogen) atoms. The van der Waals surface area contributed by atoms with Crippen LogP contribution >= 0.6 is 0 Å². The summed E-state index contributed by atoms with van der Waals surface area (Å²) >= 11 is -2.70. The normalized spacial score (nSPS) is 16.5. The van der Waals surface area contributed by atoms with Crippen molar-refractivity contribution >= 4 is 3.21 Å². The topological polar surface area (TPSA) is 0 Å². The molecule has 0 fully saturated rings. The van der Waals surface area contributed by atoms with E-state index in [9.17, 15) is 0 Å². The molecule has 0 nitrogen and oxygen atoms in total. The van der Waals surface area contributed by atoms with Crippen molar-refractivity contribution in [3.8, 4) is 11.1 Å². The van der Waals surface area contributed by atoms with Gasteiger partial charge in [0, 0.05) is 0 Å². The number of benzene rings is 4. The molecule has 0 radical (unpaired) electrons. The van der Waals surface area contributed by atoms with Crippen molar-refractivity contribution in [1.82, 2.24) is 0 Å². The Morgan fingerprint density at radius 1 is 0.658 bits per heavy atom. The summed E-state index contributed by atoms with van der Waals surface area (Å²) in [6.45, 7) is 9.48. The van der Waals surface area contributed by atoms with Gasteiger partial charge in [0.05, 0.1) is 0 Å². The zero-order valence-corrected chi connectivity index (χ0v) is 25.4. The fourth-order valence-electron chi connectivity index (χ4n) is 6.32. The van der Waals surface area contributed by atoms with E-state index in [-0.39, 0.29) is 5.41 Å². The van der Waals surface area contributed by atoms with Crippen LogP contribution in [0.2, 0.25) is 0 Å². The minimum atomic E-state index is -2.70. The van der Waals surface area contributed by atoms with Gasteiger partial charge in [-0.1, -0.05) is 0 Å². The van der Waals surface area contributed by atoms with Gasteiger partial charge in [-0.05, 0) is 0 Å². The molecule has 188 valence electrons. The van der Waals surface area contributed by atoms with Crippen LogP contribution in [-0.4, -0.2) is 3.21 Å². The summed E-state index contributed by atoms with van der Waals surface area (Å²) < 4.78 is 3.82. The number of allylic oxidation sites excluding steroid dienone is 4. The molecule has 4 aromatic carbocycles. The molecule has 0 saturated heterocycles. The second kappa shape index (κ2) is 10.4. The molecule has 0 aliphatic heterocycles. The summed E-state index contributed by atoms with van der Waals surface area (Å²) in [6, 6.07) is 41.0. The van der Waals surface area contributed by atoms with Crippen molar-refractivity contribution in [1.29, 1.82) is 0 Å². The van der Waals surface area contributed by atoms with E-state index >= 15 is 0 Å². The molecule has 2 aliphatic carbocycles. The Labute approximate surface area is 235 Å². The summed E-state index contributed by atoms with van der Waals surface area (Å²) in [5, 5.41) is 0. The van der Waals surface area contributed by atoms with Crippen LogP contribution in [-0.2, 0) is 21.3 Å². The van der Waals surface area contributed by atoms with Gasteiger partial charge >= 0.3 is 237 Å². The quantitative estimate of drug-likeness (QED) is 0.224. The van der Waals surface area contributed by atoms with Crippen LogP contribution in [0.5, 0.6) is 0 Å². The molecule has 0 aromatic heterocycles. The Morgan fingerprint density at radius 2 is 1.13 bits per heavy atom. The van der Waals surface area contributed by atoms with Gasteiger partial charge in [0.1, 0.15) is 0 Å². The van der Waals surface area contributed by atoms with E-state index in [1.807, 2.05) is 0 Å². The Hall–Kier alpha value is -2.89. The third-order valence-corrected chi connectivity index (χ3v) is 16.7. The number of fused-ring (bicyclic) bond motifs is 3. The zero-order valence-electron chi connectivity index (χ0n) is 22.9. The molecule has 1 heteroatoms. The van der Waals surface area contributed by atoms with Gasteiger partial charge in [-0.15, -0.1) is 0 Å². The van der Waals surface area contributed by atoms with E-state index < -0.39 is 21.3 Å². The third-order valence-electron chi connectivity index (χ3n) is 8.22. The van der Waals surface area contributed by atoms with Crippen molar-refractivity contribution < 1.29 is 21.3 Å². The van der Waals surface area contributed by atoms with Crippen LogP contribution in [0, 0.1) is 11.3 Å². The first-order chi connectivity index (χ1) is 18.5. The van der Waals surface area contributed by atoms with Gasteiger partial charge < -0.3 is 0 Å². The van der Waals surface area contributed by atoms with Gasteiger partial charge in [0.25, 0.3) is 0 Å². The van der Waals surface area contributed by atoms with Crippen LogP contribution in [0.25, 0.3) is 11.1 Å². The van der Waals surface area contributed by atoms with Gasteiger partial charge in [0.15, 0.2) is 0 Å². The predicted molar refractivity (Wildman–Crippen MR) is 159 cm³/mol. The monoisotopic (exact) mass is 570 g/mol. The minimum absolute atomic E-state index is 0.147. The van der Waals surface area contributed by atoms with Gasteiger partial charge in [-0.2, -0.15) is 0 Å². The average Bonchev–Trinajstić information content (AvgIpc) is 3.53. The second-order valence-corrected chi connectivity index (χ2v) is 17.7. The standard InChI is InChI=1S/C13H9.C13H10.C11H17.Zr/c1-3-7-12-10(5-1)9-11-6-2-4-8-13(11)12;1-3-7-12(8-4-1)11-13-9-5-2-6-10-13;1-5-9-6-7-10(8-9)11(2,3)4;/h1-9H;1-10H;7-9H,5H2,1-4H3;. The van der Waals surface area contributed by atoms with E-state index in [0.717, 1.165) is 6.42 Å². The first-order valence-electron chi connectivity index (χ1n) is 13.9. The summed E-state index contributed by atoms with van der Waals surface area (Å²) in [5.74, 6) is 0.515. The average molecular weight is 572 g/mol. The van der Waals surface area contributed by atoms with Gasteiger partial charge in [-0.3, -0.25) is 0 Å². The summed E-state index contributed by atoms with van der Waals surface area (Å²) in [7, 11) is 0. The van der Waals surface area contributed by atoms with E-state index in [4.69, 9.17) is 0 Å².